The largest absolute Gasteiger partial charge is 0.443 e. The summed E-state index contributed by atoms with van der Waals surface area (Å²) in [6.45, 7) is 9.34. The maximum atomic E-state index is 12.2. The average molecular weight is 401 g/mol. The van der Waals surface area contributed by atoms with Crippen molar-refractivity contribution in [1.82, 2.24) is 20.2 Å². The van der Waals surface area contributed by atoms with Gasteiger partial charge in [-0.05, 0) is 44.4 Å². The van der Waals surface area contributed by atoms with E-state index in [1.54, 1.807) is 0 Å². The maximum Gasteiger partial charge on any atom is 0.410 e. The monoisotopic (exact) mass is 400 g/mol. The topological polar surface area (TPSA) is 91.7 Å². The minimum absolute atomic E-state index is 0.0327. The van der Waals surface area contributed by atoms with Crippen LogP contribution in [0.15, 0.2) is 4.99 Å². The maximum absolute atomic E-state index is 12.2. The summed E-state index contributed by atoms with van der Waals surface area (Å²) < 4.78 is 5.48. The number of aliphatic imine (C=N–C) groups is 1. The number of amides is 1. The Morgan fingerprint density at radius 3 is 2.66 bits per heavy atom. The molecule has 0 spiro atoms. The first-order chi connectivity index (χ1) is 14.0. The zero-order valence-corrected chi connectivity index (χ0v) is 17.6. The van der Waals surface area contributed by atoms with Crippen LogP contribution in [0.1, 0.15) is 44.6 Å². The number of hydrogen-bond acceptors (Lipinski definition) is 7. The van der Waals surface area contributed by atoms with Gasteiger partial charge in [0.25, 0.3) is 0 Å². The Hall–Kier alpha value is -2.22. The van der Waals surface area contributed by atoms with Crippen LogP contribution in [0, 0.1) is 18.8 Å². The van der Waals surface area contributed by atoms with Gasteiger partial charge in [-0.3, -0.25) is 4.99 Å². The molecule has 0 saturated carbocycles. The molecule has 8 nitrogen and oxygen atoms in total. The molecule has 0 radical (unpaired) electrons. The number of anilines is 1. The quantitative estimate of drug-likeness (QED) is 0.807. The van der Waals surface area contributed by atoms with Crippen LogP contribution in [0.2, 0.25) is 0 Å². The van der Waals surface area contributed by atoms with Crippen LogP contribution in [0.4, 0.5) is 16.3 Å². The lowest BCUT2D eigenvalue weighted by atomic mass is 9.92. The number of carbonyl (C=O) groups excluding carboxylic acids is 1. The highest BCUT2D eigenvalue weighted by Gasteiger charge is 2.29. The highest BCUT2D eigenvalue weighted by Crippen LogP contribution is 2.33. The molecule has 158 valence electrons. The summed E-state index contributed by atoms with van der Waals surface area (Å²) >= 11 is 0. The summed E-state index contributed by atoms with van der Waals surface area (Å²) in [7, 11) is 0. The van der Waals surface area contributed by atoms with E-state index in [2.05, 4.69) is 40.7 Å². The van der Waals surface area contributed by atoms with Crippen molar-refractivity contribution in [2.45, 2.75) is 58.6 Å². The van der Waals surface area contributed by atoms with Crippen molar-refractivity contribution >= 4 is 23.8 Å². The number of likely N-dealkylation sites (tertiary alicyclic amines) is 1. The zero-order valence-electron chi connectivity index (χ0n) is 17.6. The molecule has 4 heterocycles. The van der Waals surface area contributed by atoms with E-state index in [0.29, 0.717) is 24.9 Å². The molecule has 1 amide bonds. The molecule has 3 aliphatic rings. The van der Waals surface area contributed by atoms with E-state index >= 15 is 0 Å². The fraction of sp³-hybridized carbons (Fsp3) is 0.714. The number of aromatic nitrogens is 2. The molecule has 1 aromatic heterocycles. The minimum atomic E-state index is -0.189. The van der Waals surface area contributed by atoms with Crippen LogP contribution in [-0.2, 0) is 11.2 Å². The van der Waals surface area contributed by atoms with E-state index in [0.717, 1.165) is 61.8 Å². The molecular weight excluding hydrogens is 368 g/mol. The number of carbonyl (C=O) groups is 1. The standard InChI is InChI=1S/C21H32N6O2/c1-13(2)15-4-5-18-19(23-10-15)20(25-14(3)24-18)26-16-6-8-27(9-7-16)21(28)29-17-11-22-12-17/h10,13,15-17,22H,4-9,11-12H2,1-3H3,(H,24,25,26). The van der Waals surface area contributed by atoms with Crippen LogP contribution in [0.3, 0.4) is 0 Å². The third-order valence-electron chi connectivity index (χ3n) is 6.14. The molecule has 3 aliphatic heterocycles. The SMILES string of the molecule is Cc1nc2c(c(NC3CCN(C(=O)OC4CNC4)CC3)n1)N=CC(C(C)C)CC2. The molecule has 1 atom stereocenters. The van der Waals surface area contributed by atoms with Crippen LogP contribution in [-0.4, -0.2) is 65.5 Å². The van der Waals surface area contributed by atoms with Crippen LogP contribution >= 0.6 is 0 Å². The Bertz CT molecular complexity index is 769. The van der Waals surface area contributed by atoms with Crippen LogP contribution < -0.4 is 10.6 Å². The Morgan fingerprint density at radius 2 is 2.00 bits per heavy atom. The number of nitrogens with zero attached hydrogens (tertiary/aromatic N) is 4. The third kappa shape index (κ3) is 4.69. The Labute approximate surface area is 172 Å². The van der Waals surface area contributed by atoms with Gasteiger partial charge < -0.3 is 20.3 Å². The molecule has 1 aromatic rings. The fourth-order valence-corrected chi connectivity index (χ4v) is 4.05. The summed E-state index contributed by atoms with van der Waals surface area (Å²) in [5.74, 6) is 2.64. The second-order valence-electron chi connectivity index (χ2n) is 8.71. The molecular formula is C21H32N6O2. The predicted octanol–water partition coefficient (Wildman–Crippen LogP) is 2.69. The zero-order chi connectivity index (χ0) is 20.4. The lowest BCUT2D eigenvalue weighted by Gasteiger charge is -2.34. The first-order valence-electron chi connectivity index (χ1n) is 10.8. The number of fused-ring (bicyclic) bond motifs is 1. The van der Waals surface area contributed by atoms with E-state index in [4.69, 9.17) is 9.73 Å². The van der Waals surface area contributed by atoms with Crippen molar-refractivity contribution in [3.63, 3.8) is 0 Å². The molecule has 0 aromatic carbocycles. The smallest absolute Gasteiger partial charge is 0.410 e. The summed E-state index contributed by atoms with van der Waals surface area (Å²) in [6, 6.07) is 0.266. The van der Waals surface area contributed by atoms with E-state index in [1.165, 1.54) is 0 Å². The normalized spacial score (nSPS) is 22.8. The number of hydrogen-bond donors (Lipinski definition) is 2. The van der Waals surface area contributed by atoms with Gasteiger partial charge in [0.2, 0.25) is 0 Å². The molecule has 4 rings (SSSR count). The van der Waals surface area contributed by atoms with Gasteiger partial charge in [0, 0.05) is 38.4 Å². The molecule has 0 aliphatic carbocycles. The Balaban J connectivity index is 1.39. The highest BCUT2D eigenvalue weighted by molar-refractivity contribution is 5.74. The molecule has 0 bridgehead atoms. The fourth-order valence-electron chi connectivity index (χ4n) is 4.05. The van der Waals surface area contributed by atoms with Gasteiger partial charge in [0.15, 0.2) is 5.82 Å². The predicted molar refractivity (Wildman–Crippen MR) is 113 cm³/mol. The summed E-state index contributed by atoms with van der Waals surface area (Å²) in [5, 5.41) is 6.71. The second-order valence-corrected chi connectivity index (χ2v) is 8.71. The Morgan fingerprint density at radius 1 is 1.24 bits per heavy atom. The summed E-state index contributed by atoms with van der Waals surface area (Å²) in [5.41, 5.74) is 1.92. The van der Waals surface area contributed by atoms with Gasteiger partial charge in [0.1, 0.15) is 17.6 Å². The van der Waals surface area contributed by atoms with E-state index in [1.807, 2.05) is 11.8 Å². The Kier molecular flexibility index (Phi) is 5.99. The molecule has 8 heteroatoms. The van der Waals surface area contributed by atoms with Gasteiger partial charge in [0.05, 0.1) is 5.69 Å². The number of ether oxygens (including phenoxy) is 1. The number of aryl methyl sites for hydroxylation is 2. The number of piperidine rings is 1. The number of nitrogens with one attached hydrogen (secondary N) is 2. The molecule has 1 unspecified atom stereocenters. The lowest BCUT2D eigenvalue weighted by molar-refractivity contribution is 0.0347. The molecule has 2 N–H and O–H groups in total. The average Bonchev–Trinajstić information content (AvgIpc) is 2.88. The van der Waals surface area contributed by atoms with Crippen molar-refractivity contribution in [2.24, 2.45) is 16.8 Å². The van der Waals surface area contributed by atoms with Crippen LogP contribution in [0.25, 0.3) is 0 Å². The first-order valence-corrected chi connectivity index (χ1v) is 10.8. The van der Waals surface area contributed by atoms with Gasteiger partial charge in [-0.15, -0.1) is 0 Å². The molecule has 29 heavy (non-hydrogen) atoms. The van der Waals surface area contributed by atoms with Crippen molar-refractivity contribution < 1.29 is 9.53 Å². The third-order valence-corrected chi connectivity index (χ3v) is 6.14. The van der Waals surface area contributed by atoms with Crippen molar-refractivity contribution in [2.75, 3.05) is 31.5 Å². The summed E-state index contributed by atoms with van der Waals surface area (Å²) in [4.78, 5) is 28.2. The number of rotatable bonds is 4. The van der Waals surface area contributed by atoms with Gasteiger partial charge in [-0.2, -0.15) is 0 Å². The van der Waals surface area contributed by atoms with Crippen molar-refractivity contribution in [1.29, 1.82) is 0 Å². The van der Waals surface area contributed by atoms with E-state index < -0.39 is 0 Å². The molecule has 2 fully saturated rings. The second kappa shape index (κ2) is 8.65. The molecule has 2 saturated heterocycles. The van der Waals surface area contributed by atoms with Crippen LogP contribution in [0.5, 0.6) is 0 Å². The van der Waals surface area contributed by atoms with Gasteiger partial charge >= 0.3 is 6.09 Å². The lowest BCUT2D eigenvalue weighted by Crippen LogP contribution is -2.52. The minimum Gasteiger partial charge on any atom is -0.443 e. The van der Waals surface area contributed by atoms with Crippen molar-refractivity contribution in [3.8, 4) is 0 Å². The summed E-state index contributed by atoms with van der Waals surface area (Å²) in [6.07, 6.45) is 5.66. The van der Waals surface area contributed by atoms with Gasteiger partial charge in [-0.1, -0.05) is 13.8 Å². The van der Waals surface area contributed by atoms with Crippen molar-refractivity contribution in [3.05, 3.63) is 11.5 Å². The highest BCUT2D eigenvalue weighted by atomic mass is 16.6. The van der Waals surface area contributed by atoms with E-state index in [9.17, 15) is 4.79 Å². The first kappa shape index (κ1) is 20.1. The van der Waals surface area contributed by atoms with Gasteiger partial charge in [-0.25, -0.2) is 14.8 Å². The van der Waals surface area contributed by atoms with E-state index in [-0.39, 0.29) is 18.2 Å².